The molecule has 4 heterocycles. The van der Waals surface area contributed by atoms with Crippen LogP contribution >= 0.6 is 0 Å². The van der Waals surface area contributed by atoms with Crippen molar-refractivity contribution in [3.63, 3.8) is 0 Å². The van der Waals surface area contributed by atoms with Crippen molar-refractivity contribution < 1.29 is 9.53 Å². The molecule has 4 aliphatic rings. The van der Waals surface area contributed by atoms with E-state index in [1.165, 1.54) is 45.2 Å². The van der Waals surface area contributed by atoms with Crippen molar-refractivity contribution in [1.82, 2.24) is 14.4 Å². The zero-order chi connectivity index (χ0) is 21.7. The number of fused-ring (bicyclic) bond motifs is 7. The number of carbonyl (C=O) groups excluding carboxylic acids is 1. The lowest BCUT2D eigenvalue weighted by Crippen LogP contribution is -2.60. The first kappa shape index (κ1) is 20.5. The number of rotatable bonds is 4. The fourth-order valence-electron chi connectivity index (χ4n) is 7.15. The molecule has 1 aromatic carbocycles. The molecular formula is C27H35N3O2. The lowest BCUT2D eigenvalue weighted by molar-refractivity contribution is 0.00153. The van der Waals surface area contributed by atoms with Gasteiger partial charge in [0, 0.05) is 55.4 Å². The normalized spacial score (nSPS) is 30.0. The van der Waals surface area contributed by atoms with E-state index in [0.717, 1.165) is 42.0 Å². The quantitative estimate of drug-likeness (QED) is 0.674. The minimum Gasteiger partial charge on any atom is -0.383 e. The van der Waals surface area contributed by atoms with Crippen LogP contribution in [0.3, 0.4) is 0 Å². The van der Waals surface area contributed by atoms with E-state index in [1.54, 1.807) is 12.7 Å². The van der Waals surface area contributed by atoms with Gasteiger partial charge in [-0.25, -0.2) is 0 Å². The third-order valence-electron chi connectivity index (χ3n) is 8.50. The summed E-state index contributed by atoms with van der Waals surface area (Å²) in [7, 11) is 1.73. The number of likely N-dealkylation sites (tertiary alicyclic amines) is 1. The molecule has 32 heavy (non-hydrogen) atoms. The summed E-state index contributed by atoms with van der Waals surface area (Å²) in [5.74, 6) is 1.51. The summed E-state index contributed by atoms with van der Waals surface area (Å²) >= 11 is 0. The summed E-state index contributed by atoms with van der Waals surface area (Å²) in [4.78, 5) is 19.0. The summed E-state index contributed by atoms with van der Waals surface area (Å²) in [6, 6.07) is 9.33. The fraction of sp³-hybridized carbons (Fsp3) is 0.593. The van der Waals surface area contributed by atoms with Gasteiger partial charge in [0.1, 0.15) is 0 Å². The van der Waals surface area contributed by atoms with Gasteiger partial charge in [0.15, 0.2) is 0 Å². The molecule has 1 aromatic heterocycles. The minimum atomic E-state index is 0.218. The topological polar surface area (TPSA) is 37.7 Å². The second-order valence-corrected chi connectivity index (χ2v) is 10.2. The van der Waals surface area contributed by atoms with E-state index in [4.69, 9.17) is 4.74 Å². The predicted molar refractivity (Wildman–Crippen MR) is 127 cm³/mol. The van der Waals surface area contributed by atoms with Crippen LogP contribution in [-0.4, -0.2) is 65.7 Å². The lowest BCUT2D eigenvalue weighted by Gasteiger charge is -2.54. The Hall–Kier alpha value is -2.11. The van der Waals surface area contributed by atoms with Crippen LogP contribution in [0.1, 0.15) is 48.9 Å². The first-order valence-corrected chi connectivity index (χ1v) is 12.6. The van der Waals surface area contributed by atoms with Crippen LogP contribution in [0.4, 0.5) is 0 Å². The average Bonchev–Trinajstić information content (AvgIpc) is 3.25. The standard InChI is InChI=1S/C27H35N3O2/c1-32-15-14-28-13-10-22-23(7-4-9-25(22)28)27(31)30-12-5-6-19-16-20-17-21(26(19)30)18-29-11-3-2-8-24(20)29/h4,7,9-10,13,16,20-21,24,26H,2-3,5-6,8,11-12,14-15,17-18H2,1H3/t20-,21-,24+,26+/m0/s1. The SMILES string of the molecule is COCCn1ccc2c(C(=O)N3CCCC4=C[C@H]5C[C@@H](CN6CCCC[C@H]56)[C@@H]43)cccc21. The highest BCUT2D eigenvalue weighted by Gasteiger charge is 2.47. The second kappa shape index (κ2) is 8.35. The number of benzene rings is 1. The van der Waals surface area contributed by atoms with Gasteiger partial charge in [0.2, 0.25) is 0 Å². The van der Waals surface area contributed by atoms with Crippen molar-refractivity contribution in [1.29, 1.82) is 0 Å². The van der Waals surface area contributed by atoms with Crippen LogP contribution in [0.2, 0.25) is 0 Å². The van der Waals surface area contributed by atoms with Gasteiger partial charge in [-0.15, -0.1) is 0 Å². The summed E-state index contributed by atoms with van der Waals surface area (Å²) in [6.07, 6.45) is 12.3. The van der Waals surface area contributed by atoms with Gasteiger partial charge >= 0.3 is 0 Å². The second-order valence-electron chi connectivity index (χ2n) is 10.2. The van der Waals surface area contributed by atoms with Gasteiger partial charge in [-0.3, -0.25) is 9.69 Å². The first-order chi connectivity index (χ1) is 15.7. The molecule has 0 unspecified atom stereocenters. The summed E-state index contributed by atoms with van der Waals surface area (Å²) < 4.78 is 7.46. The average molecular weight is 434 g/mol. The maximum absolute atomic E-state index is 14.0. The molecule has 5 nitrogen and oxygen atoms in total. The smallest absolute Gasteiger partial charge is 0.255 e. The Morgan fingerprint density at radius 1 is 1.16 bits per heavy atom. The molecule has 3 fully saturated rings. The molecule has 2 aromatic rings. The predicted octanol–water partition coefficient (Wildman–Crippen LogP) is 4.32. The molecule has 170 valence electrons. The molecule has 6 rings (SSSR count). The van der Waals surface area contributed by atoms with Gasteiger partial charge < -0.3 is 14.2 Å². The summed E-state index contributed by atoms with van der Waals surface area (Å²) in [6.45, 7) is 4.77. The highest BCUT2D eigenvalue weighted by Crippen LogP contribution is 2.45. The maximum atomic E-state index is 14.0. The third-order valence-corrected chi connectivity index (χ3v) is 8.50. The van der Waals surface area contributed by atoms with Crippen LogP contribution in [-0.2, 0) is 11.3 Å². The van der Waals surface area contributed by atoms with Crippen molar-refractivity contribution in [3.8, 4) is 0 Å². The number of amides is 1. The monoisotopic (exact) mass is 433 g/mol. The Morgan fingerprint density at radius 3 is 3.00 bits per heavy atom. The Balaban J connectivity index is 1.32. The largest absolute Gasteiger partial charge is 0.383 e. The molecule has 3 saturated heterocycles. The molecule has 2 bridgehead atoms. The maximum Gasteiger partial charge on any atom is 0.255 e. The Labute approximate surface area is 191 Å². The van der Waals surface area contributed by atoms with E-state index in [9.17, 15) is 4.79 Å². The first-order valence-electron chi connectivity index (χ1n) is 12.6. The molecule has 0 spiro atoms. The number of hydrogen-bond acceptors (Lipinski definition) is 3. The fourth-order valence-corrected chi connectivity index (χ4v) is 7.15. The van der Waals surface area contributed by atoms with Crippen molar-refractivity contribution in [2.75, 3.05) is 33.4 Å². The molecule has 3 aliphatic heterocycles. The van der Waals surface area contributed by atoms with Crippen molar-refractivity contribution in [3.05, 3.63) is 47.7 Å². The molecular weight excluding hydrogens is 398 g/mol. The minimum absolute atomic E-state index is 0.218. The highest BCUT2D eigenvalue weighted by molar-refractivity contribution is 6.06. The zero-order valence-electron chi connectivity index (χ0n) is 19.2. The number of nitrogens with zero attached hydrogens (tertiary/aromatic N) is 3. The Bertz CT molecular complexity index is 1040. The van der Waals surface area contributed by atoms with E-state index >= 15 is 0 Å². The number of hydrogen-bond donors (Lipinski definition) is 0. The zero-order valence-corrected chi connectivity index (χ0v) is 19.2. The van der Waals surface area contributed by atoms with Crippen molar-refractivity contribution in [2.24, 2.45) is 11.8 Å². The summed E-state index contributed by atoms with van der Waals surface area (Å²) in [5.41, 5.74) is 3.54. The van der Waals surface area contributed by atoms with Gasteiger partial charge in [0.05, 0.1) is 12.6 Å². The number of piperidine rings is 3. The number of carbonyl (C=O) groups is 1. The van der Waals surface area contributed by atoms with E-state index in [2.05, 4.69) is 38.8 Å². The van der Waals surface area contributed by atoms with Gasteiger partial charge in [-0.05, 0) is 68.7 Å². The van der Waals surface area contributed by atoms with Crippen molar-refractivity contribution in [2.45, 2.75) is 57.2 Å². The van der Waals surface area contributed by atoms with Crippen molar-refractivity contribution >= 4 is 16.8 Å². The molecule has 0 radical (unpaired) electrons. The van der Waals surface area contributed by atoms with Crippen LogP contribution in [0.5, 0.6) is 0 Å². The number of methoxy groups -OCH3 is 1. The Kier molecular flexibility index (Phi) is 5.34. The molecule has 0 N–H and O–H groups in total. The van der Waals surface area contributed by atoms with Crippen LogP contribution < -0.4 is 0 Å². The molecule has 4 atom stereocenters. The highest BCUT2D eigenvalue weighted by atomic mass is 16.5. The van der Waals surface area contributed by atoms with E-state index in [1.807, 2.05) is 12.1 Å². The van der Waals surface area contributed by atoms with Gasteiger partial charge in [0.25, 0.3) is 5.91 Å². The van der Waals surface area contributed by atoms with Gasteiger partial charge in [-0.2, -0.15) is 0 Å². The molecule has 1 amide bonds. The molecule has 1 aliphatic carbocycles. The molecule has 5 heteroatoms. The van der Waals surface area contributed by atoms with Crippen LogP contribution in [0.15, 0.2) is 42.1 Å². The number of aromatic nitrogens is 1. The van der Waals surface area contributed by atoms with Crippen LogP contribution in [0, 0.1) is 11.8 Å². The third kappa shape index (κ3) is 3.32. The van der Waals surface area contributed by atoms with Crippen LogP contribution in [0.25, 0.3) is 10.9 Å². The van der Waals surface area contributed by atoms with E-state index < -0.39 is 0 Å². The van der Waals surface area contributed by atoms with Gasteiger partial charge in [-0.1, -0.05) is 24.1 Å². The lowest BCUT2D eigenvalue weighted by atomic mass is 9.68. The summed E-state index contributed by atoms with van der Waals surface area (Å²) in [5, 5.41) is 1.07. The van der Waals surface area contributed by atoms with E-state index in [0.29, 0.717) is 24.5 Å². The van der Waals surface area contributed by atoms with E-state index in [-0.39, 0.29) is 5.91 Å². The Morgan fingerprint density at radius 2 is 2.09 bits per heavy atom. The molecule has 0 saturated carbocycles. The number of ether oxygens (including phenoxy) is 1.